The predicted octanol–water partition coefficient (Wildman–Crippen LogP) is 2.25. The largest absolute Gasteiger partial charge is 0.493 e. The number of fused-ring (bicyclic) bond motifs is 1. The molecule has 0 radical (unpaired) electrons. The van der Waals surface area contributed by atoms with Crippen LogP contribution in [0.3, 0.4) is 0 Å². The molecule has 0 saturated carbocycles. The van der Waals surface area contributed by atoms with Gasteiger partial charge >= 0.3 is 0 Å². The molecule has 1 aliphatic heterocycles. The number of nitrogens with zero attached hydrogens (tertiary/aromatic N) is 3. The van der Waals surface area contributed by atoms with Crippen LogP contribution in [0.4, 0.5) is 0 Å². The summed E-state index contributed by atoms with van der Waals surface area (Å²) in [4.78, 5) is 33.4. The van der Waals surface area contributed by atoms with E-state index in [0.29, 0.717) is 36.6 Å². The first-order valence-electron chi connectivity index (χ1n) is 10.2. The van der Waals surface area contributed by atoms with E-state index in [1.807, 2.05) is 12.1 Å². The highest BCUT2D eigenvalue weighted by atomic mass is 35.5. The lowest BCUT2D eigenvalue weighted by Crippen LogP contribution is -2.38. The molecule has 1 aliphatic rings. The number of carbonyl (C=O) groups is 2. The van der Waals surface area contributed by atoms with Gasteiger partial charge in [0.2, 0.25) is 0 Å². The number of hydrogen-bond acceptors (Lipinski definition) is 6. The molecular formula is C23H33Cl2N3O5. The fraction of sp³-hybridized carbons (Fsp3) is 0.435. The number of carbonyl (C=O) groups excluding carboxylic acids is 2. The van der Waals surface area contributed by atoms with Gasteiger partial charge in [0.15, 0.2) is 11.5 Å². The van der Waals surface area contributed by atoms with E-state index in [1.54, 1.807) is 36.5 Å². The maximum atomic E-state index is 12.8. The fourth-order valence-electron chi connectivity index (χ4n) is 3.68. The van der Waals surface area contributed by atoms with Crippen molar-refractivity contribution >= 4 is 36.5 Å². The number of hydrogen-bond donors (Lipinski definition) is 0. The van der Waals surface area contributed by atoms with Gasteiger partial charge in [0.1, 0.15) is 0 Å². The Morgan fingerprint density at radius 2 is 1.67 bits per heavy atom. The first-order valence-corrected chi connectivity index (χ1v) is 10.2. The number of pyridine rings is 1. The van der Waals surface area contributed by atoms with Gasteiger partial charge in [-0.2, -0.15) is 0 Å². The van der Waals surface area contributed by atoms with Crippen LogP contribution in [0.25, 0.3) is 0 Å². The Balaban J connectivity index is 0.00000341. The average molecular weight is 502 g/mol. The molecule has 2 aromatic rings. The van der Waals surface area contributed by atoms with Crippen LogP contribution in [0, 0.1) is 0 Å². The van der Waals surface area contributed by atoms with Crippen LogP contribution in [0.1, 0.15) is 27.9 Å². The predicted molar refractivity (Wildman–Crippen MR) is 132 cm³/mol. The van der Waals surface area contributed by atoms with Gasteiger partial charge in [-0.15, -0.1) is 24.8 Å². The van der Waals surface area contributed by atoms with E-state index in [0.717, 1.165) is 31.5 Å². The van der Waals surface area contributed by atoms with Crippen LogP contribution in [0.2, 0.25) is 0 Å². The molecular weight excluding hydrogens is 469 g/mol. The van der Waals surface area contributed by atoms with Gasteiger partial charge in [-0.25, -0.2) is 0 Å². The van der Waals surface area contributed by atoms with Crippen LogP contribution < -0.4 is 9.47 Å². The maximum absolute atomic E-state index is 12.8. The van der Waals surface area contributed by atoms with Crippen LogP contribution in [-0.4, -0.2) is 79.4 Å². The van der Waals surface area contributed by atoms with Crippen molar-refractivity contribution in [2.75, 3.05) is 47.4 Å². The van der Waals surface area contributed by atoms with E-state index >= 15 is 0 Å². The van der Waals surface area contributed by atoms with E-state index in [9.17, 15) is 9.59 Å². The zero-order valence-electron chi connectivity index (χ0n) is 19.2. The molecule has 0 spiro atoms. The Labute approximate surface area is 207 Å². The van der Waals surface area contributed by atoms with E-state index in [-0.39, 0.29) is 30.3 Å². The summed E-state index contributed by atoms with van der Waals surface area (Å²) in [6, 6.07) is 7.47. The lowest BCUT2D eigenvalue weighted by molar-refractivity contribution is -0.126. The van der Waals surface area contributed by atoms with Gasteiger partial charge in [0.05, 0.1) is 14.2 Å². The quantitative estimate of drug-likeness (QED) is 0.488. The summed E-state index contributed by atoms with van der Waals surface area (Å²) in [6.07, 6.45) is 6.00. The lowest BCUT2D eigenvalue weighted by atomic mass is 10.0. The third-order valence-corrected chi connectivity index (χ3v) is 5.49. The van der Waals surface area contributed by atoms with Crippen LogP contribution in [0.5, 0.6) is 11.5 Å². The van der Waals surface area contributed by atoms with E-state index in [2.05, 4.69) is 16.9 Å². The summed E-state index contributed by atoms with van der Waals surface area (Å²) in [5.74, 6) is 0.109. The van der Waals surface area contributed by atoms with Gasteiger partial charge in [0, 0.05) is 37.6 Å². The molecule has 1 aromatic heterocycles. The van der Waals surface area contributed by atoms with E-state index in [4.69, 9.17) is 9.47 Å². The number of Topliss-reactive ketones (excluding diaryl/α,β-unsaturated/α-hetero) is 1. The topological polar surface area (TPSA) is 103 Å². The zero-order chi connectivity index (χ0) is 21.5. The van der Waals surface area contributed by atoms with Crippen molar-refractivity contribution in [1.29, 1.82) is 0 Å². The van der Waals surface area contributed by atoms with Crippen LogP contribution >= 0.6 is 24.8 Å². The van der Waals surface area contributed by atoms with Crippen LogP contribution in [-0.2, 0) is 17.6 Å². The Bertz CT molecular complexity index is 899. The number of aromatic nitrogens is 1. The summed E-state index contributed by atoms with van der Waals surface area (Å²) in [5, 5.41) is 0. The number of benzene rings is 1. The highest BCUT2D eigenvalue weighted by Gasteiger charge is 2.30. The molecule has 2 N–H and O–H groups in total. The molecule has 0 aliphatic carbocycles. The molecule has 33 heavy (non-hydrogen) atoms. The van der Waals surface area contributed by atoms with Crippen molar-refractivity contribution in [3.8, 4) is 11.5 Å². The molecule has 1 aromatic carbocycles. The number of ketones is 1. The number of ether oxygens (including phenoxy) is 2. The number of likely N-dealkylation sites (N-methyl/N-ethyl adjacent to an activating group) is 1. The second kappa shape index (κ2) is 14.7. The molecule has 0 fully saturated rings. The minimum Gasteiger partial charge on any atom is -0.493 e. The summed E-state index contributed by atoms with van der Waals surface area (Å²) < 4.78 is 10.6. The Morgan fingerprint density at radius 1 is 1.03 bits per heavy atom. The van der Waals surface area contributed by atoms with Gasteiger partial charge in [-0.05, 0) is 68.2 Å². The highest BCUT2D eigenvalue weighted by molar-refractivity contribution is 6.43. The standard InChI is InChI=1S/C23H29N3O4.2ClH.H2O/c1-25(13-7-17-5-9-24-10-6-17)11-4-12-26-14-8-18-15-20(29-2)21(30-3)16-19(18)22(27)23(26)28;;;/h5-6,9-10,15-16H,4,7-8,11-14H2,1-3H3;2*1H;1H2. The highest BCUT2D eigenvalue weighted by Crippen LogP contribution is 2.32. The van der Waals surface area contributed by atoms with Crippen LogP contribution in [0.15, 0.2) is 36.7 Å². The molecule has 2 heterocycles. The molecule has 8 nitrogen and oxygen atoms in total. The van der Waals surface area contributed by atoms with Gasteiger partial charge in [-0.3, -0.25) is 14.6 Å². The number of methoxy groups -OCH3 is 2. The Kier molecular flexibility index (Phi) is 13.6. The van der Waals surface area contributed by atoms with Crippen molar-refractivity contribution in [3.05, 3.63) is 53.3 Å². The molecule has 0 bridgehead atoms. The lowest BCUT2D eigenvalue weighted by Gasteiger charge is -2.22. The molecule has 0 atom stereocenters. The minimum absolute atomic E-state index is 0. The number of rotatable bonds is 9. The van der Waals surface area contributed by atoms with Crippen molar-refractivity contribution < 1.29 is 24.5 Å². The molecule has 10 heteroatoms. The zero-order valence-corrected chi connectivity index (χ0v) is 20.8. The third-order valence-electron chi connectivity index (χ3n) is 5.49. The number of amides is 1. The minimum atomic E-state index is -0.477. The second-order valence-corrected chi connectivity index (χ2v) is 7.50. The molecule has 0 saturated heterocycles. The molecule has 3 rings (SSSR count). The van der Waals surface area contributed by atoms with E-state index < -0.39 is 11.7 Å². The van der Waals surface area contributed by atoms with Gasteiger partial charge < -0.3 is 24.7 Å². The summed E-state index contributed by atoms with van der Waals surface area (Å²) in [7, 11) is 5.15. The number of halogens is 2. The summed E-state index contributed by atoms with van der Waals surface area (Å²) in [6.45, 7) is 2.87. The first kappa shape index (κ1) is 30.6. The summed E-state index contributed by atoms with van der Waals surface area (Å²) >= 11 is 0. The van der Waals surface area contributed by atoms with Gasteiger partial charge in [-0.1, -0.05) is 0 Å². The Morgan fingerprint density at radius 3 is 2.30 bits per heavy atom. The van der Waals surface area contributed by atoms with Gasteiger partial charge in [0.25, 0.3) is 11.7 Å². The maximum Gasteiger partial charge on any atom is 0.294 e. The second-order valence-electron chi connectivity index (χ2n) is 7.50. The Hall–Kier alpha value is -2.39. The first-order chi connectivity index (χ1) is 14.5. The normalized spacial score (nSPS) is 12.7. The molecule has 1 amide bonds. The molecule has 0 unspecified atom stereocenters. The average Bonchev–Trinajstić information content (AvgIpc) is 2.89. The SMILES string of the molecule is COc1cc2c(cc1OC)C(=O)C(=O)N(CCCN(C)CCc1ccncc1)CC2.Cl.Cl.O. The van der Waals surface area contributed by atoms with Crippen molar-refractivity contribution in [3.63, 3.8) is 0 Å². The fourth-order valence-corrected chi connectivity index (χ4v) is 3.68. The smallest absolute Gasteiger partial charge is 0.294 e. The van der Waals surface area contributed by atoms with Crippen molar-refractivity contribution in [2.24, 2.45) is 0 Å². The monoisotopic (exact) mass is 501 g/mol. The van der Waals surface area contributed by atoms with E-state index in [1.165, 1.54) is 12.7 Å². The summed E-state index contributed by atoms with van der Waals surface area (Å²) in [5.41, 5.74) is 2.49. The van der Waals surface area contributed by atoms with Crippen molar-refractivity contribution in [2.45, 2.75) is 19.3 Å². The van der Waals surface area contributed by atoms with Crippen molar-refractivity contribution in [1.82, 2.24) is 14.8 Å². The third kappa shape index (κ3) is 7.85. The molecule has 184 valence electrons.